The van der Waals surface area contributed by atoms with Gasteiger partial charge < -0.3 is 5.11 Å². The second-order valence-electron chi connectivity index (χ2n) is 5.71. The lowest BCUT2D eigenvalue weighted by molar-refractivity contribution is -0.144. The Labute approximate surface area is 112 Å². The first-order valence-electron chi connectivity index (χ1n) is 7.01. The molecule has 0 heterocycles. The lowest BCUT2D eigenvalue weighted by Crippen LogP contribution is -2.29. The highest BCUT2D eigenvalue weighted by molar-refractivity contribution is 5.83. The van der Waals surface area contributed by atoms with Crippen molar-refractivity contribution in [2.75, 3.05) is 0 Å². The van der Waals surface area contributed by atoms with Crippen LogP contribution in [0.4, 0.5) is 0 Å². The lowest BCUT2D eigenvalue weighted by Gasteiger charge is -2.28. The standard InChI is InChI=1S/C16H18O3/c17-13-6-7-14(16(18)19)15(9-13)12-5-4-10-2-1-3-11(10)8-12/h4-5,8,14-15H,1-3,6-7,9H2,(H,18,19). The van der Waals surface area contributed by atoms with Crippen LogP contribution in [-0.4, -0.2) is 16.9 Å². The van der Waals surface area contributed by atoms with Gasteiger partial charge in [-0.15, -0.1) is 0 Å². The molecule has 0 saturated heterocycles. The third-order valence-electron chi connectivity index (χ3n) is 4.54. The molecule has 2 aliphatic rings. The minimum Gasteiger partial charge on any atom is -0.481 e. The molecule has 3 heteroatoms. The molecule has 1 aromatic rings. The van der Waals surface area contributed by atoms with Crippen LogP contribution in [0.15, 0.2) is 18.2 Å². The summed E-state index contributed by atoms with van der Waals surface area (Å²) in [6, 6.07) is 6.29. The van der Waals surface area contributed by atoms with Gasteiger partial charge in [-0.1, -0.05) is 18.2 Å². The van der Waals surface area contributed by atoms with Crippen molar-refractivity contribution >= 4 is 11.8 Å². The highest BCUT2D eigenvalue weighted by atomic mass is 16.4. The number of hydrogen-bond acceptors (Lipinski definition) is 2. The number of fused-ring (bicyclic) bond motifs is 1. The van der Waals surface area contributed by atoms with Crippen LogP contribution in [0, 0.1) is 5.92 Å². The van der Waals surface area contributed by atoms with Crippen LogP contribution in [0.1, 0.15) is 48.3 Å². The van der Waals surface area contributed by atoms with Crippen LogP contribution < -0.4 is 0 Å². The Morgan fingerprint density at radius 3 is 2.74 bits per heavy atom. The molecule has 1 saturated carbocycles. The fourth-order valence-corrected chi connectivity index (χ4v) is 3.48. The summed E-state index contributed by atoms with van der Waals surface area (Å²) < 4.78 is 0. The van der Waals surface area contributed by atoms with Crippen molar-refractivity contribution < 1.29 is 14.7 Å². The van der Waals surface area contributed by atoms with Crippen LogP contribution in [0.5, 0.6) is 0 Å². The third kappa shape index (κ3) is 2.29. The molecule has 2 unspecified atom stereocenters. The molecule has 100 valence electrons. The van der Waals surface area contributed by atoms with Crippen molar-refractivity contribution in [3.8, 4) is 0 Å². The maximum atomic E-state index is 11.7. The largest absolute Gasteiger partial charge is 0.481 e. The number of ketones is 1. The summed E-state index contributed by atoms with van der Waals surface area (Å²) in [7, 11) is 0. The lowest BCUT2D eigenvalue weighted by atomic mass is 9.74. The highest BCUT2D eigenvalue weighted by Gasteiger charge is 2.35. The van der Waals surface area contributed by atoms with E-state index in [1.807, 2.05) is 6.07 Å². The first-order chi connectivity index (χ1) is 9.15. The average Bonchev–Trinajstić information content (AvgIpc) is 2.85. The summed E-state index contributed by atoms with van der Waals surface area (Å²) in [5, 5.41) is 9.34. The zero-order valence-electron chi connectivity index (χ0n) is 10.9. The maximum absolute atomic E-state index is 11.7. The molecule has 3 rings (SSSR count). The molecule has 1 aromatic carbocycles. The van der Waals surface area contributed by atoms with Gasteiger partial charge in [-0.05, 0) is 42.4 Å². The van der Waals surface area contributed by atoms with Crippen molar-refractivity contribution in [1.82, 2.24) is 0 Å². The molecule has 3 nitrogen and oxygen atoms in total. The number of carboxylic acid groups (broad SMARTS) is 1. The van der Waals surface area contributed by atoms with Gasteiger partial charge in [0.2, 0.25) is 0 Å². The number of carbonyl (C=O) groups excluding carboxylic acids is 1. The monoisotopic (exact) mass is 258 g/mol. The van der Waals surface area contributed by atoms with Crippen molar-refractivity contribution in [1.29, 1.82) is 0 Å². The van der Waals surface area contributed by atoms with Crippen LogP contribution in [0.3, 0.4) is 0 Å². The number of carbonyl (C=O) groups is 2. The molecule has 0 spiro atoms. The fourth-order valence-electron chi connectivity index (χ4n) is 3.48. The summed E-state index contributed by atoms with van der Waals surface area (Å²) in [6.45, 7) is 0. The van der Waals surface area contributed by atoms with Gasteiger partial charge in [-0.2, -0.15) is 0 Å². The SMILES string of the molecule is O=C1CCC(C(=O)O)C(c2ccc3c(c2)CCC3)C1. The first-order valence-corrected chi connectivity index (χ1v) is 7.01. The van der Waals surface area contributed by atoms with Gasteiger partial charge in [-0.3, -0.25) is 9.59 Å². The second-order valence-corrected chi connectivity index (χ2v) is 5.71. The molecular weight excluding hydrogens is 240 g/mol. The molecule has 19 heavy (non-hydrogen) atoms. The van der Waals surface area contributed by atoms with Crippen LogP contribution >= 0.6 is 0 Å². The Bertz CT molecular complexity index is 533. The molecule has 0 bridgehead atoms. The minimum absolute atomic E-state index is 0.135. The van der Waals surface area contributed by atoms with E-state index in [-0.39, 0.29) is 11.7 Å². The Morgan fingerprint density at radius 2 is 1.95 bits per heavy atom. The average molecular weight is 258 g/mol. The zero-order valence-corrected chi connectivity index (χ0v) is 10.9. The highest BCUT2D eigenvalue weighted by Crippen LogP contribution is 2.38. The Kier molecular flexibility index (Phi) is 3.13. The summed E-state index contributed by atoms with van der Waals surface area (Å²) in [6.07, 6.45) is 4.68. The van der Waals surface area contributed by atoms with E-state index < -0.39 is 11.9 Å². The van der Waals surface area contributed by atoms with Crippen molar-refractivity contribution in [3.63, 3.8) is 0 Å². The maximum Gasteiger partial charge on any atom is 0.307 e. The number of Topliss-reactive ketones (excluding diaryl/α,β-unsaturated/α-hetero) is 1. The predicted molar refractivity (Wildman–Crippen MR) is 71.2 cm³/mol. The van der Waals surface area contributed by atoms with E-state index in [1.165, 1.54) is 17.5 Å². The molecule has 0 aromatic heterocycles. The summed E-state index contributed by atoms with van der Waals surface area (Å²) >= 11 is 0. The summed E-state index contributed by atoms with van der Waals surface area (Å²) in [4.78, 5) is 23.0. The Morgan fingerprint density at radius 1 is 1.16 bits per heavy atom. The normalized spacial score (nSPS) is 26.2. The predicted octanol–water partition coefficient (Wildman–Crippen LogP) is 2.71. The van der Waals surface area contributed by atoms with Gasteiger partial charge in [0, 0.05) is 18.8 Å². The molecule has 0 aliphatic heterocycles. The van der Waals surface area contributed by atoms with E-state index in [9.17, 15) is 14.7 Å². The topological polar surface area (TPSA) is 54.4 Å². The van der Waals surface area contributed by atoms with Gasteiger partial charge in [0.1, 0.15) is 5.78 Å². The van der Waals surface area contributed by atoms with Gasteiger partial charge >= 0.3 is 5.97 Å². The number of hydrogen-bond donors (Lipinski definition) is 1. The van der Waals surface area contributed by atoms with Crippen molar-refractivity contribution in [3.05, 3.63) is 34.9 Å². The van der Waals surface area contributed by atoms with E-state index in [1.54, 1.807) is 0 Å². The smallest absolute Gasteiger partial charge is 0.307 e. The van der Waals surface area contributed by atoms with Gasteiger partial charge in [0.05, 0.1) is 5.92 Å². The van der Waals surface area contributed by atoms with Gasteiger partial charge in [-0.25, -0.2) is 0 Å². The van der Waals surface area contributed by atoms with Gasteiger partial charge in [0.25, 0.3) is 0 Å². The minimum atomic E-state index is -0.766. The molecule has 2 atom stereocenters. The van der Waals surface area contributed by atoms with E-state index in [4.69, 9.17) is 0 Å². The molecule has 0 amide bonds. The van der Waals surface area contributed by atoms with E-state index in [2.05, 4.69) is 12.1 Å². The summed E-state index contributed by atoms with van der Waals surface area (Å²) in [5.41, 5.74) is 3.78. The molecule has 0 radical (unpaired) electrons. The van der Waals surface area contributed by atoms with E-state index in [0.29, 0.717) is 19.3 Å². The first kappa shape index (κ1) is 12.4. The fraction of sp³-hybridized carbons (Fsp3) is 0.500. The van der Waals surface area contributed by atoms with Crippen molar-refractivity contribution in [2.24, 2.45) is 5.92 Å². The zero-order chi connectivity index (χ0) is 13.4. The van der Waals surface area contributed by atoms with E-state index in [0.717, 1.165) is 18.4 Å². The third-order valence-corrected chi connectivity index (χ3v) is 4.54. The number of benzene rings is 1. The molecular formula is C16H18O3. The Hall–Kier alpha value is -1.64. The van der Waals surface area contributed by atoms with Gasteiger partial charge in [0.15, 0.2) is 0 Å². The second kappa shape index (κ2) is 4.80. The van der Waals surface area contributed by atoms with Crippen LogP contribution in [0.25, 0.3) is 0 Å². The Balaban J connectivity index is 1.93. The quantitative estimate of drug-likeness (QED) is 0.887. The summed E-state index contributed by atoms with van der Waals surface area (Å²) in [5.74, 6) is -1.11. The van der Waals surface area contributed by atoms with Crippen LogP contribution in [0.2, 0.25) is 0 Å². The molecule has 1 N–H and O–H groups in total. The number of carboxylic acids is 1. The molecule has 2 aliphatic carbocycles. The molecule has 1 fully saturated rings. The number of rotatable bonds is 2. The number of aryl methyl sites for hydroxylation is 2. The van der Waals surface area contributed by atoms with E-state index >= 15 is 0 Å². The van der Waals surface area contributed by atoms with Crippen molar-refractivity contribution in [2.45, 2.75) is 44.4 Å². The number of aliphatic carboxylic acids is 1. The van der Waals surface area contributed by atoms with Crippen LogP contribution in [-0.2, 0) is 22.4 Å².